The Kier molecular flexibility index (Phi) is 2.48. The van der Waals surface area contributed by atoms with Crippen molar-refractivity contribution in [3.63, 3.8) is 0 Å². The van der Waals surface area contributed by atoms with Crippen LogP contribution in [0.5, 0.6) is 0 Å². The number of hydrogen-bond donors (Lipinski definition) is 1. The molecule has 0 radical (unpaired) electrons. The van der Waals surface area contributed by atoms with Gasteiger partial charge in [-0.05, 0) is 30.8 Å². The molecule has 74 valence electrons. The number of hydrogen-bond acceptors (Lipinski definition) is 2. The SMILES string of the molecule is CC1CC=C(c2cnc(=O)[nH]c2)CC1. The summed E-state index contributed by atoms with van der Waals surface area (Å²) in [5, 5.41) is 0. The van der Waals surface area contributed by atoms with Gasteiger partial charge in [0.2, 0.25) is 0 Å². The zero-order valence-corrected chi connectivity index (χ0v) is 8.29. The van der Waals surface area contributed by atoms with E-state index in [2.05, 4.69) is 23.0 Å². The number of nitrogens with zero attached hydrogens (tertiary/aromatic N) is 1. The Hall–Kier alpha value is -1.38. The van der Waals surface area contributed by atoms with Crippen LogP contribution in [0.2, 0.25) is 0 Å². The molecule has 0 amide bonds. The second-order valence-corrected chi connectivity index (χ2v) is 3.92. The van der Waals surface area contributed by atoms with Crippen molar-refractivity contribution in [2.75, 3.05) is 0 Å². The van der Waals surface area contributed by atoms with Crippen molar-refractivity contribution in [1.82, 2.24) is 9.97 Å². The molecule has 0 saturated carbocycles. The lowest BCUT2D eigenvalue weighted by Crippen LogP contribution is -2.10. The minimum Gasteiger partial charge on any atom is -0.312 e. The molecule has 0 saturated heterocycles. The Balaban J connectivity index is 2.23. The van der Waals surface area contributed by atoms with Crippen LogP contribution in [-0.2, 0) is 0 Å². The van der Waals surface area contributed by atoms with Gasteiger partial charge >= 0.3 is 5.69 Å². The topological polar surface area (TPSA) is 45.8 Å². The Morgan fingerprint density at radius 2 is 2.43 bits per heavy atom. The zero-order valence-electron chi connectivity index (χ0n) is 8.29. The third-order valence-electron chi connectivity index (χ3n) is 2.72. The predicted molar refractivity (Wildman–Crippen MR) is 55.8 cm³/mol. The van der Waals surface area contributed by atoms with Crippen molar-refractivity contribution in [2.45, 2.75) is 26.2 Å². The van der Waals surface area contributed by atoms with E-state index in [-0.39, 0.29) is 5.69 Å². The summed E-state index contributed by atoms with van der Waals surface area (Å²) in [7, 11) is 0. The fourth-order valence-electron chi connectivity index (χ4n) is 1.75. The molecule has 0 fully saturated rings. The molecule has 1 aliphatic carbocycles. The number of rotatable bonds is 1. The molecule has 1 N–H and O–H groups in total. The van der Waals surface area contributed by atoms with Crippen LogP contribution >= 0.6 is 0 Å². The number of allylic oxidation sites excluding steroid dienone is 2. The molecule has 0 bridgehead atoms. The standard InChI is InChI=1S/C11H14N2O/c1-8-2-4-9(5-3-8)10-6-12-11(14)13-7-10/h4,6-8H,2-3,5H2,1H3,(H,12,13,14). The summed E-state index contributed by atoms with van der Waals surface area (Å²) in [4.78, 5) is 17.1. The minimum atomic E-state index is -0.279. The van der Waals surface area contributed by atoms with E-state index in [9.17, 15) is 4.79 Å². The van der Waals surface area contributed by atoms with Crippen LogP contribution < -0.4 is 5.69 Å². The fraction of sp³-hybridized carbons (Fsp3) is 0.455. The molecule has 1 atom stereocenters. The molecule has 0 aromatic carbocycles. The van der Waals surface area contributed by atoms with E-state index in [1.165, 1.54) is 12.0 Å². The summed E-state index contributed by atoms with van der Waals surface area (Å²) in [5.41, 5.74) is 2.09. The van der Waals surface area contributed by atoms with Gasteiger partial charge in [0.25, 0.3) is 0 Å². The highest BCUT2D eigenvalue weighted by Crippen LogP contribution is 2.28. The normalized spacial score (nSPS) is 21.8. The lowest BCUT2D eigenvalue weighted by molar-refractivity contribution is 0.533. The van der Waals surface area contributed by atoms with Crippen molar-refractivity contribution in [2.24, 2.45) is 5.92 Å². The first kappa shape index (κ1) is 9.19. The second-order valence-electron chi connectivity index (χ2n) is 3.92. The average molecular weight is 190 g/mol. The molecule has 14 heavy (non-hydrogen) atoms. The van der Waals surface area contributed by atoms with Gasteiger partial charge in [-0.25, -0.2) is 9.78 Å². The summed E-state index contributed by atoms with van der Waals surface area (Å²) in [6, 6.07) is 0. The Morgan fingerprint density at radius 3 is 3.00 bits per heavy atom. The maximum Gasteiger partial charge on any atom is 0.344 e. The van der Waals surface area contributed by atoms with E-state index in [4.69, 9.17) is 0 Å². The van der Waals surface area contributed by atoms with Crippen LogP contribution in [0.3, 0.4) is 0 Å². The summed E-state index contributed by atoms with van der Waals surface area (Å²) in [6.07, 6.45) is 9.11. The van der Waals surface area contributed by atoms with Crippen molar-refractivity contribution in [3.8, 4) is 0 Å². The summed E-state index contributed by atoms with van der Waals surface area (Å²) < 4.78 is 0. The van der Waals surface area contributed by atoms with E-state index < -0.39 is 0 Å². The van der Waals surface area contributed by atoms with Crippen LogP contribution in [0.25, 0.3) is 5.57 Å². The van der Waals surface area contributed by atoms with Crippen molar-refractivity contribution in [3.05, 3.63) is 34.5 Å². The lowest BCUT2D eigenvalue weighted by atomic mass is 9.89. The first-order chi connectivity index (χ1) is 6.75. The summed E-state index contributed by atoms with van der Waals surface area (Å²) in [5.74, 6) is 0.787. The highest BCUT2D eigenvalue weighted by Gasteiger charge is 2.11. The van der Waals surface area contributed by atoms with Gasteiger partial charge in [0.15, 0.2) is 0 Å². The largest absolute Gasteiger partial charge is 0.344 e. The molecule has 1 aliphatic rings. The van der Waals surface area contributed by atoms with Gasteiger partial charge in [-0.3, -0.25) is 0 Å². The van der Waals surface area contributed by atoms with E-state index in [0.29, 0.717) is 0 Å². The molecule has 1 unspecified atom stereocenters. The number of nitrogens with one attached hydrogen (secondary N) is 1. The van der Waals surface area contributed by atoms with Crippen LogP contribution in [-0.4, -0.2) is 9.97 Å². The number of H-pyrrole nitrogens is 1. The van der Waals surface area contributed by atoms with Crippen molar-refractivity contribution >= 4 is 5.57 Å². The Morgan fingerprint density at radius 1 is 1.57 bits per heavy atom. The van der Waals surface area contributed by atoms with Gasteiger partial charge in [-0.2, -0.15) is 0 Å². The molecule has 1 heterocycles. The number of aromatic amines is 1. The van der Waals surface area contributed by atoms with Crippen LogP contribution in [0, 0.1) is 5.92 Å². The quantitative estimate of drug-likeness (QED) is 0.736. The smallest absolute Gasteiger partial charge is 0.312 e. The molecular weight excluding hydrogens is 176 g/mol. The van der Waals surface area contributed by atoms with Crippen molar-refractivity contribution in [1.29, 1.82) is 0 Å². The lowest BCUT2D eigenvalue weighted by Gasteiger charge is -2.17. The Bertz CT molecular complexity index is 385. The van der Waals surface area contributed by atoms with Crippen LogP contribution in [0.15, 0.2) is 23.3 Å². The van der Waals surface area contributed by atoms with Gasteiger partial charge in [0.1, 0.15) is 0 Å². The number of aromatic nitrogens is 2. The molecule has 1 aromatic heterocycles. The maximum atomic E-state index is 10.8. The third kappa shape index (κ3) is 1.92. The molecule has 3 heteroatoms. The van der Waals surface area contributed by atoms with E-state index in [1.54, 1.807) is 12.4 Å². The van der Waals surface area contributed by atoms with E-state index >= 15 is 0 Å². The van der Waals surface area contributed by atoms with Gasteiger partial charge in [-0.1, -0.05) is 13.0 Å². The highest BCUT2D eigenvalue weighted by atomic mass is 16.1. The minimum absolute atomic E-state index is 0.279. The fourth-order valence-corrected chi connectivity index (χ4v) is 1.75. The molecule has 0 aliphatic heterocycles. The maximum absolute atomic E-state index is 10.8. The Labute approximate surface area is 82.9 Å². The van der Waals surface area contributed by atoms with Crippen LogP contribution in [0.4, 0.5) is 0 Å². The van der Waals surface area contributed by atoms with Gasteiger partial charge in [0.05, 0.1) is 0 Å². The molecule has 1 aromatic rings. The van der Waals surface area contributed by atoms with Crippen LogP contribution in [0.1, 0.15) is 31.7 Å². The molecule has 2 rings (SSSR count). The van der Waals surface area contributed by atoms with E-state index in [0.717, 1.165) is 24.3 Å². The first-order valence-corrected chi connectivity index (χ1v) is 5.00. The monoisotopic (exact) mass is 190 g/mol. The van der Waals surface area contributed by atoms with Crippen molar-refractivity contribution < 1.29 is 0 Å². The zero-order chi connectivity index (χ0) is 9.97. The van der Waals surface area contributed by atoms with Gasteiger partial charge in [-0.15, -0.1) is 0 Å². The molecular formula is C11H14N2O. The predicted octanol–water partition coefficient (Wildman–Crippen LogP) is 1.97. The molecule has 3 nitrogen and oxygen atoms in total. The summed E-state index contributed by atoms with van der Waals surface area (Å²) in [6.45, 7) is 2.26. The third-order valence-corrected chi connectivity index (χ3v) is 2.72. The van der Waals surface area contributed by atoms with Gasteiger partial charge < -0.3 is 4.98 Å². The average Bonchev–Trinajstić information content (AvgIpc) is 2.21. The molecule has 0 spiro atoms. The van der Waals surface area contributed by atoms with E-state index in [1.807, 2.05) is 0 Å². The van der Waals surface area contributed by atoms with Gasteiger partial charge in [0, 0.05) is 18.0 Å². The summed E-state index contributed by atoms with van der Waals surface area (Å²) >= 11 is 0. The second kappa shape index (κ2) is 3.78. The highest BCUT2D eigenvalue weighted by molar-refractivity contribution is 5.64. The first-order valence-electron chi connectivity index (χ1n) is 5.00.